The van der Waals surface area contributed by atoms with Crippen molar-refractivity contribution in [3.63, 3.8) is 0 Å². The zero-order valence-corrected chi connectivity index (χ0v) is 10.7. The molecule has 1 aromatic rings. The lowest BCUT2D eigenvalue weighted by atomic mass is 10.1. The number of amides is 2. The van der Waals surface area contributed by atoms with Gasteiger partial charge in [0.15, 0.2) is 0 Å². The fraction of sp³-hybridized carbons (Fsp3) is 0.462. The molecule has 0 heterocycles. The van der Waals surface area contributed by atoms with Crippen molar-refractivity contribution in [2.75, 3.05) is 18.5 Å². The van der Waals surface area contributed by atoms with Gasteiger partial charge in [0.1, 0.15) is 5.82 Å². The van der Waals surface area contributed by atoms with Crippen LogP contribution in [0.5, 0.6) is 0 Å². The van der Waals surface area contributed by atoms with Crippen LogP contribution in [0, 0.1) is 18.7 Å². The normalized spacial score (nSPS) is 12.0. The van der Waals surface area contributed by atoms with Gasteiger partial charge in [0.05, 0.1) is 0 Å². The molecule has 5 heteroatoms. The van der Waals surface area contributed by atoms with E-state index in [9.17, 15) is 9.18 Å². The van der Waals surface area contributed by atoms with Gasteiger partial charge in [0, 0.05) is 24.4 Å². The second-order valence-corrected chi connectivity index (χ2v) is 4.36. The average molecular weight is 254 g/mol. The van der Waals surface area contributed by atoms with Crippen LogP contribution >= 0.6 is 0 Å². The Morgan fingerprint density at radius 3 is 2.89 bits per heavy atom. The van der Waals surface area contributed by atoms with Crippen molar-refractivity contribution in [3.8, 4) is 0 Å². The molecule has 18 heavy (non-hydrogen) atoms. The highest BCUT2D eigenvalue weighted by Crippen LogP contribution is 2.17. The van der Waals surface area contributed by atoms with Crippen molar-refractivity contribution in [2.45, 2.75) is 20.3 Å². The van der Waals surface area contributed by atoms with Gasteiger partial charge in [-0.05, 0) is 31.4 Å². The third-order valence-electron chi connectivity index (χ3n) is 2.75. The third-order valence-corrected chi connectivity index (χ3v) is 2.75. The number of hydrogen-bond acceptors (Lipinski definition) is 2. The number of aliphatic hydroxyl groups is 1. The zero-order valence-electron chi connectivity index (χ0n) is 10.7. The summed E-state index contributed by atoms with van der Waals surface area (Å²) in [6.45, 7) is 4.12. The van der Waals surface area contributed by atoms with Crippen LogP contribution in [0.4, 0.5) is 14.9 Å². The van der Waals surface area contributed by atoms with Crippen molar-refractivity contribution < 1.29 is 14.3 Å². The van der Waals surface area contributed by atoms with Crippen LogP contribution in [0.3, 0.4) is 0 Å². The maximum atomic E-state index is 13.2. The molecule has 1 rings (SSSR count). The predicted octanol–water partition coefficient (Wildman–Crippen LogP) is 2.27. The lowest BCUT2D eigenvalue weighted by molar-refractivity contribution is 0.243. The number of aliphatic hydroxyl groups excluding tert-OH is 1. The van der Waals surface area contributed by atoms with E-state index in [-0.39, 0.29) is 24.4 Å². The topological polar surface area (TPSA) is 61.4 Å². The number of halogens is 1. The minimum atomic E-state index is -0.367. The van der Waals surface area contributed by atoms with Crippen LogP contribution in [0.1, 0.15) is 18.9 Å². The average Bonchev–Trinajstić information content (AvgIpc) is 2.33. The fourth-order valence-electron chi connectivity index (χ4n) is 1.50. The van der Waals surface area contributed by atoms with Gasteiger partial charge < -0.3 is 15.7 Å². The second kappa shape index (κ2) is 6.96. The summed E-state index contributed by atoms with van der Waals surface area (Å²) in [5, 5.41) is 14.0. The quantitative estimate of drug-likeness (QED) is 0.755. The van der Waals surface area contributed by atoms with Gasteiger partial charge in [0.2, 0.25) is 0 Å². The number of carbonyl (C=O) groups is 1. The van der Waals surface area contributed by atoms with Gasteiger partial charge in [-0.3, -0.25) is 0 Å². The van der Waals surface area contributed by atoms with Crippen LogP contribution in [0.15, 0.2) is 18.2 Å². The molecule has 0 spiro atoms. The number of carbonyl (C=O) groups excluding carboxylic acids is 1. The Kier molecular flexibility index (Phi) is 5.58. The summed E-state index contributed by atoms with van der Waals surface area (Å²) in [5.74, 6) is -0.143. The van der Waals surface area contributed by atoms with E-state index in [2.05, 4.69) is 10.6 Å². The van der Waals surface area contributed by atoms with Gasteiger partial charge in [-0.2, -0.15) is 0 Å². The van der Waals surface area contributed by atoms with E-state index < -0.39 is 0 Å². The zero-order chi connectivity index (χ0) is 13.5. The summed E-state index contributed by atoms with van der Waals surface area (Å²) in [5.41, 5.74) is 0.873. The van der Waals surface area contributed by atoms with Crippen molar-refractivity contribution in [3.05, 3.63) is 29.6 Å². The maximum Gasteiger partial charge on any atom is 0.319 e. The summed E-state index contributed by atoms with van der Waals surface area (Å²) in [7, 11) is 0. The molecule has 1 unspecified atom stereocenters. The van der Waals surface area contributed by atoms with Gasteiger partial charge >= 0.3 is 6.03 Å². The Balaban J connectivity index is 2.47. The Bertz CT molecular complexity index is 410. The number of rotatable bonds is 5. The van der Waals surface area contributed by atoms with Crippen molar-refractivity contribution in [1.82, 2.24) is 5.32 Å². The first kappa shape index (κ1) is 14.4. The minimum Gasteiger partial charge on any atom is -0.396 e. The van der Waals surface area contributed by atoms with E-state index in [4.69, 9.17) is 5.11 Å². The molecule has 1 aromatic carbocycles. The van der Waals surface area contributed by atoms with E-state index in [1.165, 1.54) is 6.07 Å². The van der Waals surface area contributed by atoms with Gasteiger partial charge in [-0.25, -0.2) is 9.18 Å². The van der Waals surface area contributed by atoms with E-state index >= 15 is 0 Å². The predicted molar refractivity (Wildman–Crippen MR) is 69.0 cm³/mol. The highest BCUT2D eigenvalue weighted by Gasteiger charge is 2.08. The Morgan fingerprint density at radius 2 is 2.22 bits per heavy atom. The number of benzene rings is 1. The molecule has 0 aromatic heterocycles. The van der Waals surface area contributed by atoms with Crippen LogP contribution in [-0.2, 0) is 0 Å². The fourth-order valence-corrected chi connectivity index (χ4v) is 1.50. The maximum absolute atomic E-state index is 13.2. The van der Waals surface area contributed by atoms with Crippen molar-refractivity contribution in [2.24, 2.45) is 5.92 Å². The highest BCUT2D eigenvalue weighted by atomic mass is 19.1. The summed E-state index contributed by atoms with van der Waals surface area (Å²) >= 11 is 0. The number of anilines is 1. The summed E-state index contributed by atoms with van der Waals surface area (Å²) < 4.78 is 13.2. The van der Waals surface area contributed by atoms with E-state index in [1.807, 2.05) is 6.92 Å². The summed E-state index contributed by atoms with van der Waals surface area (Å²) in [6.07, 6.45) is 0.638. The molecule has 2 amide bonds. The molecule has 4 nitrogen and oxygen atoms in total. The summed E-state index contributed by atoms with van der Waals surface area (Å²) in [4.78, 5) is 11.6. The summed E-state index contributed by atoms with van der Waals surface area (Å²) in [6, 6.07) is 4.18. The smallest absolute Gasteiger partial charge is 0.319 e. The lowest BCUT2D eigenvalue weighted by Crippen LogP contribution is -2.32. The van der Waals surface area contributed by atoms with Crippen molar-refractivity contribution in [1.29, 1.82) is 0 Å². The Labute approximate surface area is 106 Å². The molecule has 0 aliphatic carbocycles. The monoisotopic (exact) mass is 254 g/mol. The first-order valence-electron chi connectivity index (χ1n) is 5.95. The van der Waals surface area contributed by atoms with Crippen LogP contribution in [0.2, 0.25) is 0 Å². The number of urea groups is 1. The first-order valence-corrected chi connectivity index (χ1v) is 5.95. The molecule has 0 aliphatic rings. The molecular weight excluding hydrogens is 235 g/mol. The molecule has 0 saturated carbocycles. The van der Waals surface area contributed by atoms with Crippen LogP contribution in [0.25, 0.3) is 0 Å². The van der Waals surface area contributed by atoms with Crippen LogP contribution < -0.4 is 10.6 Å². The third kappa shape index (κ3) is 4.33. The first-order chi connectivity index (χ1) is 8.54. The largest absolute Gasteiger partial charge is 0.396 e. The SMILES string of the molecule is Cc1c(F)cccc1NC(=O)NCC(C)CCO. The number of hydrogen-bond donors (Lipinski definition) is 3. The van der Waals surface area contributed by atoms with Crippen molar-refractivity contribution >= 4 is 11.7 Å². The molecule has 0 radical (unpaired) electrons. The molecule has 0 saturated heterocycles. The van der Waals surface area contributed by atoms with Gasteiger partial charge in [-0.1, -0.05) is 13.0 Å². The Morgan fingerprint density at radius 1 is 1.50 bits per heavy atom. The van der Waals surface area contributed by atoms with Gasteiger partial charge in [0.25, 0.3) is 0 Å². The molecule has 3 N–H and O–H groups in total. The van der Waals surface area contributed by atoms with Crippen LogP contribution in [-0.4, -0.2) is 24.3 Å². The van der Waals surface area contributed by atoms with E-state index in [0.29, 0.717) is 24.2 Å². The second-order valence-electron chi connectivity index (χ2n) is 4.36. The lowest BCUT2D eigenvalue weighted by Gasteiger charge is -2.13. The highest BCUT2D eigenvalue weighted by molar-refractivity contribution is 5.90. The molecule has 0 bridgehead atoms. The van der Waals surface area contributed by atoms with E-state index in [1.54, 1.807) is 19.1 Å². The molecule has 0 aliphatic heterocycles. The minimum absolute atomic E-state index is 0.105. The van der Waals surface area contributed by atoms with E-state index in [0.717, 1.165) is 0 Å². The van der Waals surface area contributed by atoms with Gasteiger partial charge in [-0.15, -0.1) is 0 Å². The molecule has 0 fully saturated rings. The standard InChI is InChI=1S/C13H19FN2O2/c1-9(6-7-17)8-15-13(18)16-12-5-3-4-11(14)10(12)2/h3-5,9,17H,6-8H2,1-2H3,(H2,15,16,18). The molecular formula is C13H19FN2O2. The molecule has 1 atom stereocenters. The Hall–Kier alpha value is -1.62. The number of nitrogens with one attached hydrogen (secondary N) is 2. The molecule has 100 valence electrons.